The third-order valence-electron chi connectivity index (χ3n) is 15.1. The Labute approximate surface area is 671 Å². The molecule has 3 aliphatic rings. The molecule has 0 bridgehead atoms. The van der Waals surface area contributed by atoms with E-state index in [4.69, 9.17) is 51.3 Å². The number of carbonyl (C=O) groups is 12. The van der Waals surface area contributed by atoms with Crippen LogP contribution in [0.25, 0.3) is 41.8 Å². The SMILES string of the molecule is CC(=O)[O-].CCCCCCCN=[N+]=[N-].CCCCCCCO.CCCCCCCOS(=O)(=O)c1ccc(C)cc1.O=C1CCC(=O)N1OC(=O)C(F)(F)F.O=C1CCCC(=O)O1.[N-]=[N+]=NCCCCCCNC(=O)CCCC(=O)O.[N-]=[N+]=NCCCCCCNC(=O)CCCC(=O)ON1C(=O)CCC1=O.[N-]=[N+]=NCCCCCC[NH3+]. The minimum absolute atomic E-state index is 0.0346. The fraction of sp³-hybridized carbons (Fsp3) is 0.753. The Bertz CT molecular complexity index is 3130. The molecule has 0 aliphatic carbocycles. The molecule has 654 valence electrons. The van der Waals surface area contributed by atoms with Crippen molar-refractivity contribution in [2.24, 2.45) is 20.5 Å². The number of unbranched alkanes of at least 4 members (excludes halogenated alkanes) is 21. The molecule has 115 heavy (non-hydrogen) atoms. The van der Waals surface area contributed by atoms with Crippen LogP contribution in [0.3, 0.4) is 0 Å². The van der Waals surface area contributed by atoms with Crippen molar-refractivity contribution in [1.82, 2.24) is 20.8 Å². The van der Waals surface area contributed by atoms with E-state index in [2.05, 4.69) is 86.8 Å². The summed E-state index contributed by atoms with van der Waals surface area (Å²) >= 11 is 0. The molecule has 0 aromatic heterocycles. The number of benzene rings is 1. The molecule has 0 unspecified atom stereocenters. The summed E-state index contributed by atoms with van der Waals surface area (Å²) in [5, 5.41) is 45.3. The van der Waals surface area contributed by atoms with Gasteiger partial charge in [0.05, 0.1) is 18.0 Å². The maximum atomic E-state index is 11.8. The van der Waals surface area contributed by atoms with E-state index in [1.807, 2.05) is 6.92 Å². The van der Waals surface area contributed by atoms with Gasteiger partial charge in [0.15, 0.2) is 0 Å². The number of hydrogen-bond acceptors (Lipinski definition) is 24. The van der Waals surface area contributed by atoms with Crippen LogP contribution in [-0.4, -0.2) is 165 Å². The van der Waals surface area contributed by atoms with E-state index in [1.165, 1.54) is 77.0 Å². The number of halogens is 3. The standard InChI is InChI=1S/C15H23N5O5.C14H22O3S.C11H20N4O3.C7H15N3.C7H16O.C6H4F3NO4.C6H14N4.C5H6O3.C2H4O2/c16-19-18-11-4-2-1-3-10-17-12(21)6-5-7-15(24)25-20-13(22)8-9-14(20)23;1-3-4-5-6-7-12-17-18(15,16)14-10-8-13(2)9-11-14;12-15-14-9-4-2-1-3-8-13-10(16)6-5-7-11(17)18;1-2-3-4-5-6-7-9-10-8;1-2-3-4-5-6-7-8;7-6(8,9)5(13)14-10-3(11)1-2-4(10)12;7-5-3-1-2-4-6-9-10-8;6-4-2-1-3-5(7)8-4;1-2(3)4/h1-11H2,(H,17,21);8-11H,3-7,12H2,1-2H3;1-9H2,(H,13,16)(H,17,18);2-7H2,1H3;8H,2-7H2,1H3;1-2H2;1-7H2;1-3H2;1H3,(H,3,4). The number of quaternary nitrogens is 1. The first-order valence-electron chi connectivity index (χ1n) is 39.1. The largest absolute Gasteiger partial charge is 0.550 e. The summed E-state index contributed by atoms with van der Waals surface area (Å²) in [4.78, 5) is 147. The predicted molar refractivity (Wildman–Crippen MR) is 414 cm³/mol. The van der Waals surface area contributed by atoms with Crippen LogP contribution in [0.15, 0.2) is 49.6 Å². The number of carboxylic acid groups (broad SMARTS) is 2. The Hall–Kier alpha value is -9.68. The molecule has 0 radical (unpaired) electrons. The van der Waals surface area contributed by atoms with Crippen molar-refractivity contribution in [1.29, 1.82) is 0 Å². The number of azide groups is 4. The first-order valence-corrected chi connectivity index (χ1v) is 40.5. The molecule has 3 heterocycles. The predicted octanol–water partition coefficient (Wildman–Crippen LogP) is 13.1. The number of aryl methyl sites for hydroxylation is 1. The lowest BCUT2D eigenvalue weighted by Gasteiger charge is -2.13. The average Bonchev–Trinajstić information content (AvgIpc) is 1.28. The van der Waals surface area contributed by atoms with Crippen LogP contribution in [0.5, 0.6) is 0 Å². The Balaban J connectivity index is -0.000000409. The van der Waals surface area contributed by atoms with Gasteiger partial charge in [-0.3, -0.25) is 47.3 Å². The van der Waals surface area contributed by atoms with Gasteiger partial charge in [-0.1, -0.05) is 168 Å². The lowest BCUT2D eigenvalue weighted by molar-refractivity contribution is -0.368. The number of carbonyl (C=O) groups excluding carboxylic acids is 11. The zero-order chi connectivity index (χ0) is 87.6. The number of imide groups is 2. The number of rotatable bonds is 49. The molecule has 3 saturated heterocycles. The zero-order valence-electron chi connectivity index (χ0n) is 67.6. The van der Waals surface area contributed by atoms with Crippen LogP contribution in [0.1, 0.15) is 290 Å². The number of ether oxygens (including phenoxy) is 1. The van der Waals surface area contributed by atoms with Crippen molar-refractivity contribution >= 4 is 81.4 Å². The molecule has 7 N–H and O–H groups in total. The molecular formula is C73H124F3N17O21S. The van der Waals surface area contributed by atoms with Crippen molar-refractivity contribution in [3.63, 3.8) is 0 Å². The smallest absolute Gasteiger partial charge is 0.493 e. The van der Waals surface area contributed by atoms with E-state index in [0.717, 1.165) is 115 Å². The zero-order valence-corrected chi connectivity index (χ0v) is 68.4. The minimum atomic E-state index is -5.22. The Kier molecular flexibility index (Phi) is 80.1. The highest BCUT2D eigenvalue weighted by Crippen LogP contribution is 2.21. The maximum Gasteiger partial charge on any atom is 0.493 e. The summed E-state index contributed by atoms with van der Waals surface area (Å²) in [5.41, 5.74) is 36.8. The third kappa shape index (κ3) is 80.7. The Morgan fingerprint density at radius 2 is 0.878 bits per heavy atom. The number of nitrogens with zero attached hydrogens (tertiary/aromatic N) is 14. The van der Waals surface area contributed by atoms with E-state index < -0.39 is 63.8 Å². The fourth-order valence-electron chi connectivity index (χ4n) is 8.99. The highest BCUT2D eigenvalue weighted by atomic mass is 32.2. The van der Waals surface area contributed by atoms with Crippen molar-refractivity contribution < 1.29 is 119 Å². The number of amides is 6. The molecule has 38 nitrogen and oxygen atoms in total. The lowest BCUT2D eigenvalue weighted by atomic mass is 10.2. The number of alkyl halides is 3. The second-order valence-electron chi connectivity index (χ2n) is 25.5. The van der Waals surface area contributed by atoms with Crippen LogP contribution in [0.4, 0.5) is 13.2 Å². The van der Waals surface area contributed by atoms with E-state index in [-0.39, 0.29) is 98.1 Å². The molecule has 4 rings (SSSR count). The summed E-state index contributed by atoms with van der Waals surface area (Å²) in [6.07, 6.45) is 26.3. The second kappa shape index (κ2) is 80.9. The van der Waals surface area contributed by atoms with Gasteiger partial charge < -0.3 is 50.9 Å². The number of aliphatic hydroxyl groups excluding tert-OH is 1. The number of esters is 2. The monoisotopic (exact) mass is 1660 g/mol. The van der Waals surface area contributed by atoms with Crippen LogP contribution < -0.4 is 21.5 Å². The number of hydroxylamine groups is 4. The molecule has 3 aliphatic heterocycles. The summed E-state index contributed by atoms with van der Waals surface area (Å²) < 4.78 is 67.7. The first kappa shape index (κ1) is 114. The normalized spacial score (nSPS) is 12.3. The molecular weight excluding hydrogens is 1540 g/mol. The number of hydrogen-bond donors (Lipinski definition) is 5. The van der Waals surface area contributed by atoms with Crippen molar-refractivity contribution in [3.8, 4) is 0 Å². The minimum Gasteiger partial charge on any atom is -0.550 e. The van der Waals surface area contributed by atoms with E-state index in [0.29, 0.717) is 76.6 Å². The number of aliphatic carboxylic acids is 2. The molecule has 0 saturated carbocycles. The van der Waals surface area contributed by atoms with Crippen LogP contribution in [0, 0.1) is 6.92 Å². The number of aliphatic hydroxyl groups is 1. The van der Waals surface area contributed by atoms with Gasteiger partial charge in [0.25, 0.3) is 33.7 Å². The quantitative estimate of drug-likeness (QED) is 0.00591. The lowest BCUT2D eigenvalue weighted by Crippen LogP contribution is -2.50. The number of nitrogens with one attached hydrogen (secondary N) is 2. The molecule has 1 aromatic rings. The Morgan fingerprint density at radius 1 is 0.530 bits per heavy atom. The average molecular weight is 1660 g/mol. The maximum absolute atomic E-state index is 11.8. The second-order valence-corrected chi connectivity index (χ2v) is 27.1. The van der Waals surface area contributed by atoms with Gasteiger partial charge in [-0.15, -0.1) is 10.1 Å². The van der Waals surface area contributed by atoms with Gasteiger partial charge in [0, 0.05) is 136 Å². The highest BCUT2D eigenvalue weighted by molar-refractivity contribution is 7.86. The fourth-order valence-corrected chi connectivity index (χ4v) is 9.94. The molecule has 42 heteroatoms. The molecule has 6 amide bonds. The molecule has 3 fully saturated rings. The van der Waals surface area contributed by atoms with E-state index >= 15 is 0 Å². The van der Waals surface area contributed by atoms with Crippen LogP contribution in [0.2, 0.25) is 0 Å². The van der Waals surface area contributed by atoms with Crippen molar-refractivity contribution in [2.45, 2.75) is 303 Å². The van der Waals surface area contributed by atoms with Gasteiger partial charge in [0.1, 0.15) is 0 Å². The van der Waals surface area contributed by atoms with E-state index in [1.54, 1.807) is 24.3 Å². The summed E-state index contributed by atoms with van der Waals surface area (Å²) in [7, 11) is -3.57. The van der Waals surface area contributed by atoms with Crippen molar-refractivity contribution in [2.75, 3.05) is 59.0 Å². The Morgan fingerprint density at radius 3 is 1.22 bits per heavy atom. The topological polar surface area (TPSA) is 593 Å². The molecule has 0 spiro atoms. The molecule has 0 atom stereocenters. The first-order chi connectivity index (χ1) is 54.8. The van der Waals surface area contributed by atoms with Gasteiger partial charge in [-0.25, -0.2) is 9.59 Å². The summed E-state index contributed by atoms with van der Waals surface area (Å²) in [6.45, 7) is 14.6. The molecule has 1 aromatic carbocycles. The summed E-state index contributed by atoms with van der Waals surface area (Å²) in [6, 6.07) is 6.72. The van der Waals surface area contributed by atoms with Crippen LogP contribution >= 0.6 is 0 Å². The van der Waals surface area contributed by atoms with E-state index in [9.17, 15) is 74.3 Å². The van der Waals surface area contributed by atoms with Gasteiger partial charge in [-0.2, -0.15) is 21.6 Å². The number of carboxylic acids is 2. The van der Waals surface area contributed by atoms with Crippen LogP contribution in [-0.2, 0) is 86.2 Å². The third-order valence-corrected chi connectivity index (χ3v) is 16.5. The highest BCUT2D eigenvalue weighted by Gasteiger charge is 2.45. The van der Waals surface area contributed by atoms with Gasteiger partial charge >= 0.3 is 36.0 Å². The van der Waals surface area contributed by atoms with Crippen molar-refractivity contribution in [3.05, 3.63) is 71.6 Å². The summed E-state index contributed by atoms with van der Waals surface area (Å²) in [5.74, 6) is -9.20. The van der Waals surface area contributed by atoms with Gasteiger partial charge in [-0.05, 0) is 132 Å². The van der Waals surface area contributed by atoms with Gasteiger partial charge in [0.2, 0.25) is 11.8 Å². The number of cyclic esters (lactones) is 2.